The number of hydrogen-bond donors (Lipinski definition) is 7. The molecular weight excluding hydrogens is 977 g/mol. The van der Waals surface area contributed by atoms with Crippen molar-refractivity contribution in [1.82, 2.24) is 9.55 Å². The standard InChI is InChI=1S/C50H79N3O17P2/c1-3-5-7-8-9-10-11-12-13-14-18-21-27-33-45(56)65-37-42(68-46(57)34-28-22-26-32-41(55)31-25-20-17-15-16-19-24-30-40(54)29-23-6-4-2)38-66-71(61,62)70-72(63,64)67-39-43-47(58)48(59)49(69-43)53-36-35-44(51)52-50(53)60/h6,10-11,16-17,19-20,23-26,30-32,35-36,40-43,47-49,54-55,58-59H,3-5,7-9,12-15,18,21-22,27-29,33-34,37-39H2,1-2H3,(H,61,62)(H,63,64)(H2,51,52,60)/b11-10-,19-16-,20-17-,23-6-,30-24+,31-25+,32-26-/t40-,41-,42+,43+,47+,48+,49+/m0/s1. The van der Waals surface area contributed by atoms with E-state index in [9.17, 15) is 53.7 Å². The van der Waals surface area contributed by atoms with Gasteiger partial charge in [-0.2, -0.15) is 9.29 Å². The zero-order chi connectivity index (χ0) is 53.0. The topological polar surface area (TPSA) is 306 Å². The lowest BCUT2D eigenvalue weighted by atomic mass is 10.1. The van der Waals surface area contributed by atoms with Crippen LogP contribution < -0.4 is 11.4 Å². The number of phosphoric acid groups is 2. The number of aromatic nitrogens is 2. The van der Waals surface area contributed by atoms with Crippen molar-refractivity contribution in [3.8, 4) is 0 Å². The minimum absolute atomic E-state index is 0.0691. The molecule has 0 amide bonds. The van der Waals surface area contributed by atoms with E-state index in [0.29, 0.717) is 25.7 Å². The number of hydrogen-bond acceptors (Lipinski definition) is 17. The zero-order valence-electron chi connectivity index (χ0n) is 41.7. The van der Waals surface area contributed by atoms with Crippen molar-refractivity contribution in [1.29, 1.82) is 0 Å². The third-order valence-corrected chi connectivity index (χ3v) is 13.2. The Bertz CT molecular complexity index is 2070. The molecule has 1 aromatic heterocycles. The molecule has 20 nitrogen and oxygen atoms in total. The quantitative estimate of drug-likeness (QED) is 0.0109. The molecule has 0 radical (unpaired) electrons. The number of nitrogens with zero attached hydrogens (tertiary/aromatic N) is 2. The number of anilines is 1. The second-order valence-electron chi connectivity index (χ2n) is 17.0. The molecule has 1 fully saturated rings. The van der Waals surface area contributed by atoms with Gasteiger partial charge >= 0.3 is 33.3 Å². The first-order valence-corrected chi connectivity index (χ1v) is 27.8. The molecule has 0 aliphatic carbocycles. The van der Waals surface area contributed by atoms with E-state index in [2.05, 4.69) is 28.4 Å². The van der Waals surface area contributed by atoms with Crippen LogP contribution in [-0.4, -0.2) is 108 Å². The van der Waals surface area contributed by atoms with Crippen molar-refractivity contribution >= 4 is 33.4 Å². The zero-order valence-corrected chi connectivity index (χ0v) is 43.5. The summed E-state index contributed by atoms with van der Waals surface area (Å²) in [5, 5.41) is 41.0. The van der Waals surface area contributed by atoms with Gasteiger partial charge in [-0.15, -0.1) is 0 Å². The average Bonchev–Trinajstić information content (AvgIpc) is 3.61. The second-order valence-corrected chi connectivity index (χ2v) is 20.0. The third-order valence-electron chi connectivity index (χ3n) is 10.6. The monoisotopic (exact) mass is 1060 g/mol. The summed E-state index contributed by atoms with van der Waals surface area (Å²) in [5.74, 6) is -1.51. The van der Waals surface area contributed by atoms with Gasteiger partial charge in [0.15, 0.2) is 12.3 Å². The highest BCUT2D eigenvalue weighted by Gasteiger charge is 2.46. The lowest BCUT2D eigenvalue weighted by molar-refractivity contribution is -0.161. The number of carbonyl (C=O) groups excluding carboxylic acids is 2. The Labute approximate surface area is 423 Å². The second kappa shape index (κ2) is 37.6. The number of nitrogen functional groups attached to an aromatic ring is 1. The van der Waals surface area contributed by atoms with Gasteiger partial charge < -0.3 is 50.2 Å². The molecule has 9 atom stereocenters. The maximum absolute atomic E-state index is 12.8. The molecule has 2 rings (SSSR count). The van der Waals surface area contributed by atoms with Crippen LogP contribution in [0.1, 0.15) is 136 Å². The summed E-state index contributed by atoms with van der Waals surface area (Å²) in [5.41, 5.74) is 4.56. The van der Waals surface area contributed by atoms with Crippen LogP contribution in [0.2, 0.25) is 0 Å². The van der Waals surface area contributed by atoms with E-state index in [1.165, 1.54) is 31.7 Å². The highest BCUT2D eigenvalue weighted by Crippen LogP contribution is 2.60. The summed E-state index contributed by atoms with van der Waals surface area (Å²) in [6.45, 7) is 1.74. The molecule has 406 valence electrons. The molecule has 2 unspecified atom stereocenters. The van der Waals surface area contributed by atoms with Crippen molar-refractivity contribution in [2.45, 2.75) is 172 Å². The van der Waals surface area contributed by atoms with Gasteiger partial charge in [0.25, 0.3) is 0 Å². The van der Waals surface area contributed by atoms with Crippen LogP contribution in [0, 0.1) is 0 Å². The number of aliphatic hydroxyl groups excluding tert-OH is 4. The predicted molar refractivity (Wildman–Crippen MR) is 273 cm³/mol. The van der Waals surface area contributed by atoms with Gasteiger partial charge in [-0.25, -0.2) is 13.9 Å². The first-order chi connectivity index (χ1) is 34.5. The molecule has 0 saturated carbocycles. The Morgan fingerprint density at radius 1 is 0.764 bits per heavy atom. The molecule has 1 aliphatic heterocycles. The Balaban J connectivity index is 1.88. The summed E-state index contributed by atoms with van der Waals surface area (Å²) >= 11 is 0. The number of esters is 2. The summed E-state index contributed by atoms with van der Waals surface area (Å²) < 4.78 is 56.5. The number of carbonyl (C=O) groups is 2. The molecule has 0 spiro atoms. The molecule has 1 saturated heterocycles. The van der Waals surface area contributed by atoms with Gasteiger partial charge in [0.2, 0.25) is 0 Å². The lowest BCUT2D eigenvalue weighted by Crippen LogP contribution is -2.36. The molecule has 0 bridgehead atoms. The van der Waals surface area contributed by atoms with E-state index >= 15 is 0 Å². The maximum Gasteiger partial charge on any atom is 0.481 e. The molecule has 1 aromatic rings. The van der Waals surface area contributed by atoms with Crippen LogP contribution in [0.4, 0.5) is 5.82 Å². The average molecular weight is 1060 g/mol. The maximum atomic E-state index is 12.8. The van der Waals surface area contributed by atoms with Crippen LogP contribution in [0.3, 0.4) is 0 Å². The summed E-state index contributed by atoms with van der Waals surface area (Å²) in [6.07, 6.45) is 31.7. The van der Waals surface area contributed by atoms with Crippen LogP contribution in [0.25, 0.3) is 0 Å². The van der Waals surface area contributed by atoms with Crippen LogP contribution in [0.5, 0.6) is 0 Å². The highest BCUT2D eigenvalue weighted by molar-refractivity contribution is 7.61. The minimum atomic E-state index is -5.48. The SMILES string of the molecule is CC/C=C\C[C@H](O)/C=C/C=C\C/C=C\C=C\[C@H](O)/C=C\CCCC(=O)O[C@H](COC(=O)CCCCCCC/C=C\CCCCCC)COP(=O)(O)OP(=O)(O)OC[C@H]1O[C@@H](n2ccc(N)nc2=O)[C@H](O)[C@@H]1O. The van der Waals surface area contributed by atoms with Crippen molar-refractivity contribution in [2.24, 2.45) is 0 Å². The van der Waals surface area contributed by atoms with E-state index in [-0.39, 0.29) is 25.1 Å². The molecule has 72 heavy (non-hydrogen) atoms. The number of unbranched alkanes of at least 4 members (excludes halogenated alkanes) is 10. The van der Waals surface area contributed by atoms with E-state index in [4.69, 9.17) is 29.0 Å². The summed E-state index contributed by atoms with van der Waals surface area (Å²) in [4.78, 5) is 61.8. The normalized spacial score (nSPS) is 20.7. The van der Waals surface area contributed by atoms with Crippen LogP contribution >= 0.6 is 15.6 Å². The summed E-state index contributed by atoms with van der Waals surface area (Å²) in [6, 6.07) is 1.23. The molecule has 1 aliphatic rings. The summed E-state index contributed by atoms with van der Waals surface area (Å²) in [7, 11) is -10.9. The first-order valence-electron chi connectivity index (χ1n) is 24.8. The van der Waals surface area contributed by atoms with Gasteiger partial charge in [0, 0.05) is 19.0 Å². The van der Waals surface area contributed by atoms with Crippen LogP contribution in [-0.2, 0) is 46.3 Å². The molecule has 0 aromatic carbocycles. The Morgan fingerprint density at radius 3 is 2.10 bits per heavy atom. The van der Waals surface area contributed by atoms with Gasteiger partial charge in [0.05, 0.1) is 25.4 Å². The van der Waals surface area contributed by atoms with Gasteiger partial charge in [-0.1, -0.05) is 137 Å². The number of aliphatic hydroxyl groups is 4. The number of nitrogens with two attached hydrogens (primary N) is 1. The van der Waals surface area contributed by atoms with Gasteiger partial charge in [-0.05, 0) is 70.3 Å². The highest BCUT2D eigenvalue weighted by atomic mass is 31.3. The first kappa shape index (κ1) is 64.0. The Kier molecular flexibility index (Phi) is 33.4. The van der Waals surface area contributed by atoms with Crippen LogP contribution in [0.15, 0.2) is 102 Å². The van der Waals surface area contributed by atoms with E-state index in [1.54, 1.807) is 42.5 Å². The molecule has 22 heteroatoms. The Hall–Kier alpha value is -4.14. The van der Waals surface area contributed by atoms with E-state index in [1.807, 2.05) is 37.3 Å². The smallest absolute Gasteiger partial charge is 0.462 e. The van der Waals surface area contributed by atoms with Gasteiger partial charge in [0.1, 0.15) is 30.7 Å². The lowest BCUT2D eigenvalue weighted by Gasteiger charge is -2.21. The molecule has 2 heterocycles. The third kappa shape index (κ3) is 30.2. The predicted octanol–water partition coefficient (Wildman–Crippen LogP) is 7.83. The van der Waals surface area contributed by atoms with Crippen molar-refractivity contribution in [2.75, 3.05) is 25.6 Å². The van der Waals surface area contributed by atoms with Crippen molar-refractivity contribution in [3.05, 3.63) is 108 Å². The van der Waals surface area contributed by atoms with Gasteiger partial charge in [-0.3, -0.25) is 23.2 Å². The van der Waals surface area contributed by atoms with Crippen molar-refractivity contribution in [3.63, 3.8) is 0 Å². The fraction of sp³-hybridized carbons (Fsp3) is 0.600. The number of phosphoric ester groups is 2. The molecule has 8 N–H and O–H groups in total. The number of ether oxygens (including phenoxy) is 3. The minimum Gasteiger partial charge on any atom is -0.462 e. The number of allylic oxidation sites excluding steroid dienone is 10. The molecular formula is C50H79N3O17P2. The fourth-order valence-corrected chi connectivity index (χ4v) is 8.86. The van der Waals surface area contributed by atoms with Crippen molar-refractivity contribution < 1.29 is 76.5 Å². The van der Waals surface area contributed by atoms with E-state index < -0.39 is 95.9 Å². The number of rotatable bonds is 39. The fourth-order valence-electron chi connectivity index (χ4n) is 6.75. The van der Waals surface area contributed by atoms with E-state index in [0.717, 1.165) is 55.7 Å². The Morgan fingerprint density at radius 2 is 1.40 bits per heavy atom. The largest absolute Gasteiger partial charge is 0.481 e.